The van der Waals surface area contributed by atoms with Gasteiger partial charge in [-0.15, -0.1) is 0 Å². The zero-order valence-corrected chi connectivity index (χ0v) is 13.8. The SMILES string of the molecule is C=C1C[C@@]23CC[C@@H]4[C@](C)(CCC[C@]4(C)C=O)[C@H]2CC[C@@H]1C3. The maximum Gasteiger partial charge on any atom is 0.126 e. The molecule has 6 atom stereocenters. The van der Waals surface area contributed by atoms with Crippen molar-refractivity contribution in [2.75, 3.05) is 0 Å². The molecule has 1 nitrogen and oxygen atoms in total. The van der Waals surface area contributed by atoms with Gasteiger partial charge in [-0.3, -0.25) is 0 Å². The number of rotatable bonds is 1. The fourth-order valence-electron chi connectivity index (χ4n) is 7.54. The monoisotopic (exact) mass is 286 g/mol. The topological polar surface area (TPSA) is 17.1 Å². The summed E-state index contributed by atoms with van der Waals surface area (Å²) in [7, 11) is 0. The van der Waals surface area contributed by atoms with E-state index >= 15 is 0 Å². The third-order valence-electron chi connectivity index (χ3n) is 8.37. The minimum Gasteiger partial charge on any atom is -0.303 e. The van der Waals surface area contributed by atoms with Gasteiger partial charge in [0.15, 0.2) is 0 Å². The van der Waals surface area contributed by atoms with Crippen LogP contribution < -0.4 is 0 Å². The molecule has 2 bridgehead atoms. The van der Waals surface area contributed by atoms with Gasteiger partial charge in [0.2, 0.25) is 0 Å². The average molecular weight is 286 g/mol. The summed E-state index contributed by atoms with van der Waals surface area (Å²) in [6.07, 6.45) is 13.1. The number of carbonyl (C=O) groups excluding carboxylic acids is 1. The van der Waals surface area contributed by atoms with E-state index in [2.05, 4.69) is 20.4 Å². The summed E-state index contributed by atoms with van der Waals surface area (Å²) < 4.78 is 0. The van der Waals surface area contributed by atoms with Gasteiger partial charge < -0.3 is 4.79 Å². The van der Waals surface area contributed by atoms with Crippen molar-refractivity contribution in [1.29, 1.82) is 0 Å². The van der Waals surface area contributed by atoms with Crippen LogP contribution in [0.1, 0.15) is 71.6 Å². The molecule has 116 valence electrons. The van der Waals surface area contributed by atoms with Gasteiger partial charge in [0.05, 0.1) is 0 Å². The van der Waals surface area contributed by atoms with Crippen LogP contribution in [-0.2, 0) is 4.79 Å². The Bertz CT molecular complexity index is 494. The van der Waals surface area contributed by atoms with Gasteiger partial charge in [0.1, 0.15) is 6.29 Å². The fraction of sp³-hybridized carbons (Fsp3) is 0.850. The number of allylic oxidation sites excluding steroid dienone is 1. The molecule has 0 N–H and O–H groups in total. The molecular weight excluding hydrogens is 256 g/mol. The predicted molar refractivity (Wildman–Crippen MR) is 85.9 cm³/mol. The lowest BCUT2D eigenvalue weighted by molar-refractivity contribution is -0.157. The Morgan fingerprint density at radius 2 is 1.90 bits per heavy atom. The van der Waals surface area contributed by atoms with Crippen molar-refractivity contribution < 1.29 is 4.79 Å². The largest absolute Gasteiger partial charge is 0.303 e. The molecule has 0 radical (unpaired) electrons. The summed E-state index contributed by atoms with van der Waals surface area (Å²) in [5.74, 6) is 2.29. The molecule has 4 fully saturated rings. The molecule has 0 amide bonds. The highest BCUT2D eigenvalue weighted by Gasteiger charge is 2.63. The quantitative estimate of drug-likeness (QED) is 0.481. The van der Waals surface area contributed by atoms with Gasteiger partial charge in [0, 0.05) is 5.41 Å². The first-order chi connectivity index (χ1) is 9.94. The van der Waals surface area contributed by atoms with Gasteiger partial charge >= 0.3 is 0 Å². The molecule has 0 heterocycles. The molecular formula is C20H30O. The molecule has 4 aliphatic rings. The lowest BCUT2D eigenvalue weighted by Crippen LogP contribution is -2.56. The highest BCUT2D eigenvalue weighted by atomic mass is 16.1. The number of hydrogen-bond donors (Lipinski definition) is 0. The molecule has 1 heteroatoms. The first-order valence-corrected chi connectivity index (χ1v) is 9.08. The van der Waals surface area contributed by atoms with E-state index in [0.717, 1.165) is 18.3 Å². The molecule has 21 heavy (non-hydrogen) atoms. The van der Waals surface area contributed by atoms with Crippen LogP contribution in [-0.4, -0.2) is 6.29 Å². The normalized spacial score (nSPS) is 55.7. The zero-order chi connectivity index (χ0) is 14.9. The van der Waals surface area contributed by atoms with Crippen molar-refractivity contribution in [1.82, 2.24) is 0 Å². The molecule has 4 aliphatic carbocycles. The third-order valence-corrected chi connectivity index (χ3v) is 8.37. The number of hydrogen-bond acceptors (Lipinski definition) is 1. The van der Waals surface area contributed by atoms with Gasteiger partial charge in [0.25, 0.3) is 0 Å². The second-order valence-corrected chi connectivity index (χ2v) is 9.30. The van der Waals surface area contributed by atoms with E-state index in [0.29, 0.717) is 16.7 Å². The fourth-order valence-corrected chi connectivity index (χ4v) is 7.54. The van der Waals surface area contributed by atoms with Gasteiger partial charge in [-0.25, -0.2) is 0 Å². The van der Waals surface area contributed by atoms with Crippen LogP contribution in [0.4, 0.5) is 0 Å². The second kappa shape index (κ2) is 4.24. The van der Waals surface area contributed by atoms with Crippen molar-refractivity contribution in [2.45, 2.75) is 71.6 Å². The van der Waals surface area contributed by atoms with E-state index in [1.54, 1.807) is 5.57 Å². The summed E-state index contributed by atoms with van der Waals surface area (Å²) in [6.45, 7) is 9.19. The second-order valence-electron chi connectivity index (χ2n) is 9.30. The van der Waals surface area contributed by atoms with E-state index in [-0.39, 0.29) is 5.41 Å². The van der Waals surface area contributed by atoms with E-state index < -0.39 is 0 Å². The molecule has 4 rings (SSSR count). The standard InChI is InChI=1S/C20H30O/c1-14-11-20-10-7-16-18(2,13-21)8-4-9-19(16,3)17(20)6-5-15(14)12-20/h13,15-17H,1,4-12H2,2-3H3/t15-,16+,17-,18-,19+,20-/m1/s1. The van der Waals surface area contributed by atoms with Gasteiger partial charge in [-0.1, -0.05) is 32.4 Å². The Morgan fingerprint density at radius 1 is 1.10 bits per heavy atom. The molecule has 0 unspecified atom stereocenters. The van der Waals surface area contributed by atoms with Crippen LogP contribution >= 0.6 is 0 Å². The summed E-state index contributed by atoms with van der Waals surface area (Å²) in [6, 6.07) is 0. The summed E-state index contributed by atoms with van der Waals surface area (Å²) in [4.78, 5) is 11.8. The molecule has 0 aliphatic heterocycles. The molecule has 0 saturated heterocycles. The number of carbonyl (C=O) groups is 1. The maximum atomic E-state index is 11.8. The van der Waals surface area contributed by atoms with Crippen LogP contribution in [0, 0.1) is 34.0 Å². The summed E-state index contributed by atoms with van der Waals surface area (Å²) in [5.41, 5.74) is 2.46. The van der Waals surface area contributed by atoms with Crippen molar-refractivity contribution >= 4 is 6.29 Å². The highest BCUT2D eigenvalue weighted by Crippen LogP contribution is 2.71. The average Bonchev–Trinajstić information content (AvgIpc) is 2.68. The van der Waals surface area contributed by atoms with Crippen LogP contribution in [0.15, 0.2) is 12.2 Å². The summed E-state index contributed by atoms with van der Waals surface area (Å²) >= 11 is 0. The van der Waals surface area contributed by atoms with E-state index in [1.807, 2.05) is 0 Å². The zero-order valence-electron chi connectivity index (χ0n) is 13.8. The molecule has 1 spiro atoms. The Hall–Kier alpha value is -0.590. The van der Waals surface area contributed by atoms with Crippen LogP contribution in [0.3, 0.4) is 0 Å². The van der Waals surface area contributed by atoms with Crippen molar-refractivity contribution in [3.8, 4) is 0 Å². The summed E-state index contributed by atoms with van der Waals surface area (Å²) in [5, 5.41) is 0. The predicted octanol–water partition coefficient (Wildman–Crippen LogP) is 5.15. The number of aldehydes is 1. The van der Waals surface area contributed by atoms with Crippen molar-refractivity contribution in [3.05, 3.63) is 12.2 Å². The minimum atomic E-state index is -0.0545. The van der Waals surface area contributed by atoms with Crippen LogP contribution in [0.5, 0.6) is 0 Å². The van der Waals surface area contributed by atoms with E-state index in [1.165, 1.54) is 57.7 Å². The lowest BCUT2D eigenvalue weighted by atomic mass is 9.41. The smallest absolute Gasteiger partial charge is 0.126 e. The Morgan fingerprint density at radius 3 is 2.67 bits per heavy atom. The van der Waals surface area contributed by atoms with Crippen molar-refractivity contribution in [2.24, 2.45) is 34.0 Å². The molecule has 4 saturated carbocycles. The maximum absolute atomic E-state index is 11.8. The molecule has 0 aromatic carbocycles. The van der Waals surface area contributed by atoms with Crippen molar-refractivity contribution in [3.63, 3.8) is 0 Å². The van der Waals surface area contributed by atoms with E-state index in [9.17, 15) is 4.79 Å². The Labute approximate surface area is 129 Å². The molecule has 0 aromatic rings. The Kier molecular flexibility index (Phi) is 2.83. The highest BCUT2D eigenvalue weighted by molar-refractivity contribution is 5.60. The molecule has 0 aromatic heterocycles. The lowest BCUT2D eigenvalue weighted by Gasteiger charge is -2.63. The van der Waals surface area contributed by atoms with Gasteiger partial charge in [-0.05, 0) is 80.0 Å². The first-order valence-electron chi connectivity index (χ1n) is 9.08. The third kappa shape index (κ3) is 1.67. The van der Waals surface area contributed by atoms with Crippen LogP contribution in [0.25, 0.3) is 0 Å². The van der Waals surface area contributed by atoms with Crippen LogP contribution in [0.2, 0.25) is 0 Å². The minimum absolute atomic E-state index is 0.0545. The Balaban J connectivity index is 1.75. The first kappa shape index (κ1) is 14.0. The number of fused-ring (bicyclic) bond motifs is 3. The van der Waals surface area contributed by atoms with E-state index in [4.69, 9.17) is 0 Å². The van der Waals surface area contributed by atoms with Gasteiger partial charge in [-0.2, -0.15) is 0 Å².